The summed E-state index contributed by atoms with van der Waals surface area (Å²) < 4.78 is 0. The van der Waals surface area contributed by atoms with Crippen molar-refractivity contribution in [3.05, 3.63) is 54.4 Å². The quantitative estimate of drug-likeness (QED) is 0.887. The average Bonchev–Trinajstić information content (AvgIpc) is 3.11. The molecule has 2 N–H and O–H groups in total. The van der Waals surface area contributed by atoms with Crippen molar-refractivity contribution in [2.24, 2.45) is 0 Å². The Kier molecular flexibility index (Phi) is 4.98. The number of para-hydroxylation sites is 1. The van der Waals surface area contributed by atoms with Crippen LogP contribution >= 0.6 is 0 Å². The molecule has 0 bridgehead atoms. The number of aromatic nitrogens is 1. The van der Waals surface area contributed by atoms with Crippen LogP contribution in [-0.4, -0.2) is 54.6 Å². The van der Waals surface area contributed by atoms with Crippen molar-refractivity contribution in [1.29, 1.82) is 0 Å². The monoisotopic (exact) mass is 312 g/mol. The van der Waals surface area contributed by atoms with Gasteiger partial charge in [-0.05, 0) is 31.2 Å². The number of carbonyl (C=O) groups excluding carboxylic acids is 1. The maximum Gasteiger partial charge on any atom is 0.267 e. The van der Waals surface area contributed by atoms with E-state index < -0.39 is 0 Å². The zero-order chi connectivity index (χ0) is 16.1. The van der Waals surface area contributed by atoms with Gasteiger partial charge in [-0.3, -0.25) is 9.69 Å². The van der Waals surface area contributed by atoms with Gasteiger partial charge < -0.3 is 15.2 Å². The van der Waals surface area contributed by atoms with E-state index in [0.717, 1.165) is 32.7 Å². The summed E-state index contributed by atoms with van der Waals surface area (Å²) in [5, 5.41) is 3.05. The Balaban J connectivity index is 1.44. The van der Waals surface area contributed by atoms with Gasteiger partial charge >= 0.3 is 0 Å². The number of amides is 1. The molecule has 1 aromatic heterocycles. The highest BCUT2D eigenvalue weighted by Crippen LogP contribution is 2.15. The number of hydrogen-bond acceptors (Lipinski definition) is 3. The van der Waals surface area contributed by atoms with Crippen LogP contribution in [0.2, 0.25) is 0 Å². The minimum absolute atomic E-state index is 0.0366. The molecule has 122 valence electrons. The van der Waals surface area contributed by atoms with Crippen LogP contribution in [0.1, 0.15) is 17.4 Å². The van der Waals surface area contributed by atoms with Crippen molar-refractivity contribution in [2.75, 3.05) is 37.6 Å². The summed E-state index contributed by atoms with van der Waals surface area (Å²) in [5.74, 6) is -0.0366. The molecule has 5 heteroatoms. The highest BCUT2D eigenvalue weighted by atomic mass is 16.1. The first kappa shape index (κ1) is 15.6. The third-order valence-corrected chi connectivity index (χ3v) is 4.25. The molecule has 0 radical (unpaired) electrons. The van der Waals surface area contributed by atoms with Gasteiger partial charge in [0.1, 0.15) is 5.69 Å². The van der Waals surface area contributed by atoms with Crippen LogP contribution in [0.15, 0.2) is 48.7 Å². The van der Waals surface area contributed by atoms with E-state index in [2.05, 4.69) is 51.3 Å². The lowest BCUT2D eigenvalue weighted by Crippen LogP contribution is -2.50. The fraction of sp³-hybridized carbons (Fsp3) is 0.389. The predicted octanol–water partition coefficient (Wildman–Crippen LogP) is 1.96. The Bertz CT molecular complexity index is 603. The van der Waals surface area contributed by atoms with E-state index in [0.29, 0.717) is 5.69 Å². The SMILES string of the molecule is C[C@H](CN1CCN(c2ccccc2)CC1)NC(=O)c1ccc[nH]1. The molecule has 3 rings (SSSR count). The summed E-state index contributed by atoms with van der Waals surface area (Å²) in [6.07, 6.45) is 1.77. The zero-order valence-corrected chi connectivity index (χ0v) is 13.5. The molecule has 1 aliphatic heterocycles. The number of piperazine rings is 1. The molecule has 0 unspecified atom stereocenters. The van der Waals surface area contributed by atoms with E-state index in [9.17, 15) is 4.79 Å². The molecule has 2 aromatic rings. The van der Waals surface area contributed by atoms with Gasteiger partial charge in [-0.25, -0.2) is 0 Å². The Hall–Kier alpha value is -2.27. The van der Waals surface area contributed by atoms with Gasteiger partial charge in [0.05, 0.1) is 0 Å². The zero-order valence-electron chi connectivity index (χ0n) is 13.5. The number of aromatic amines is 1. The first-order chi connectivity index (χ1) is 11.2. The number of nitrogens with one attached hydrogen (secondary N) is 2. The number of benzene rings is 1. The highest BCUT2D eigenvalue weighted by molar-refractivity contribution is 5.92. The number of rotatable bonds is 5. The molecule has 0 aliphatic carbocycles. The Morgan fingerprint density at radius 3 is 2.52 bits per heavy atom. The lowest BCUT2D eigenvalue weighted by Gasteiger charge is -2.37. The lowest BCUT2D eigenvalue weighted by molar-refractivity contribution is 0.0923. The minimum Gasteiger partial charge on any atom is -0.369 e. The normalized spacial score (nSPS) is 17.0. The van der Waals surface area contributed by atoms with Crippen LogP contribution in [0.3, 0.4) is 0 Å². The summed E-state index contributed by atoms with van der Waals surface area (Å²) >= 11 is 0. The Morgan fingerprint density at radius 1 is 1.13 bits per heavy atom. The van der Waals surface area contributed by atoms with Crippen LogP contribution in [0, 0.1) is 0 Å². The molecule has 1 aliphatic rings. The van der Waals surface area contributed by atoms with Crippen LogP contribution in [0.4, 0.5) is 5.69 Å². The molecular weight excluding hydrogens is 288 g/mol. The van der Waals surface area contributed by atoms with E-state index in [1.807, 2.05) is 12.1 Å². The number of nitrogens with zero attached hydrogens (tertiary/aromatic N) is 2. The van der Waals surface area contributed by atoms with Crippen molar-refractivity contribution >= 4 is 11.6 Å². The first-order valence-electron chi connectivity index (χ1n) is 8.19. The average molecular weight is 312 g/mol. The summed E-state index contributed by atoms with van der Waals surface area (Å²) in [6.45, 7) is 7.05. The fourth-order valence-electron chi connectivity index (χ4n) is 3.03. The van der Waals surface area contributed by atoms with E-state index in [4.69, 9.17) is 0 Å². The highest BCUT2D eigenvalue weighted by Gasteiger charge is 2.19. The number of H-pyrrole nitrogens is 1. The van der Waals surface area contributed by atoms with Crippen molar-refractivity contribution in [2.45, 2.75) is 13.0 Å². The van der Waals surface area contributed by atoms with Crippen molar-refractivity contribution < 1.29 is 4.79 Å². The second-order valence-corrected chi connectivity index (χ2v) is 6.08. The van der Waals surface area contributed by atoms with Gasteiger partial charge in [0.15, 0.2) is 0 Å². The second kappa shape index (κ2) is 7.33. The number of carbonyl (C=O) groups is 1. The summed E-state index contributed by atoms with van der Waals surface area (Å²) in [4.78, 5) is 19.8. The van der Waals surface area contributed by atoms with Gasteiger partial charge in [0.2, 0.25) is 0 Å². The number of hydrogen-bond donors (Lipinski definition) is 2. The molecular formula is C18H24N4O. The molecule has 1 saturated heterocycles. The molecule has 1 fully saturated rings. The second-order valence-electron chi connectivity index (χ2n) is 6.08. The summed E-state index contributed by atoms with van der Waals surface area (Å²) in [5.41, 5.74) is 1.91. The number of anilines is 1. The molecule has 1 aromatic carbocycles. The van der Waals surface area contributed by atoms with Crippen molar-refractivity contribution in [3.63, 3.8) is 0 Å². The predicted molar refractivity (Wildman–Crippen MR) is 92.8 cm³/mol. The lowest BCUT2D eigenvalue weighted by atomic mass is 10.2. The summed E-state index contributed by atoms with van der Waals surface area (Å²) in [6, 6.07) is 14.3. The van der Waals surface area contributed by atoms with Gasteiger partial charge in [-0.2, -0.15) is 0 Å². The molecule has 0 saturated carbocycles. The van der Waals surface area contributed by atoms with Gasteiger partial charge in [-0.1, -0.05) is 18.2 Å². The Morgan fingerprint density at radius 2 is 1.87 bits per heavy atom. The smallest absolute Gasteiger partial charge is 0.267 e. The topological polar surface area (TPSA) is 51.4 Å². The summed E-state index contributed by atoms with van der Waals surface area (Å²) in [7, 11) is 0. The molecule has 5 nitrogen and oxygen atoms in total. The van der Waals surface area contributed by atoms with E-state index in [1.165, 1.54) is 5.69 Å². The fourth-order valence-corrected chi connectivity index (χ4v) is 3.03. The maximum atomic E-state index is 12.0. The molecule has 1 amide bonds. The third-order valence-electron chi connectivity index (χ3n) is 4.25. The first-order valence-corrected chi connectivity index (χ1v) is 8.19. The minimum atomic E-state index is -0.0366. The van der Waals surface area contributed by atoms with Crippen LogP contribution in [0.5, 0.6) is 0 Å². The molecule has 2 heterocycles. The van der Waals surface area contributed by atoms with Crippen molar-refractivity contribution in [3.8, 4) is 0 Å². The van der Waals surface area contributed by atoms with E-state index >= 15 is 0 Å². The molecule has 0 spiro atoms. The standard InChI is InChI=1S/C18H24N4O/c1-15(20-18(23)17-8-5-9-19-17)14-21-10-12-22(13-11-21)16-6-3-2-4-7-16/h2-9,15,19H,10-14H2,1H3,(H,20,23)/t15-/m1/s1. The Labute approximate surface area is 137 Å². The molecule has 1 atom stereocenters. The molecule has 23 heavy (non-hydrogen) atoms. The van der Waals surface area contributed by atoms with Gasteiger partial charge in [-0.15, -0.1) is 0 Å². The van der Waals surface area contributed by atoms with Crippen molar-refractivity contribution in [1.82, 2.24) is 15.2 Å². The maximum absolute atomic E-state index is 12.0. The van der Waals surface area contributed by atoms with E-state index in [1.54, 1.807) is 12.3 Å². The van der Waals surface area contributed by atoms with Gasteiger partial charge in [0.25, 0.3) is 5.91 Å². The third kappa shape index (κ3) is 4.13. The van der Waals surface area contributed by atoms with Crippen LogP contribution in [-0.2, 0) is 0 Å². The van der Waals surface area contributed by atoms with E-state index in [-0.39, 0.29) is 11.9 Å². The van der Waals surface area contributed by atoms with Gasteiger partial charge in [0, 0.05) is 50.6 Å². The van der Waals surface area contributed by atoms with Crippen LogP contribution < -0.4 is 10.2 Å². The largest absolute Gasteiger partial charge is 0.369 e. The van der Waals surface area contributed by atoms with Crippen LogP contribution in [0.25, 0.3) is 0 Å².